The van der Waals surface area contributed by atoms with Crippen molar-refractivity contribution in [3.05, 3.63) is 42.5 Å². The smallest absolute Gasteiger partial charge is 0.137 e. The number of rotatable bonds is 4. The Balaban J connectivity index is 1.89. The summed E-state index contributed by atoms with van der Waals surface area (Å²) in [5.41, 5.74) is 6.23. The van der Waals surface area contributed by atoms with E-state index in [9.17, 15) is 0 Å². The van der Waals surface area contributed by atoms with E-state index in [2.05, 4.69) is 21.9 Å². The van der Waals surface area contributed by atoms with Gasteiger partial charge in [-0.25, -0.2) is 9.67 Å². The molecule has 5 nitrogen and oxygen atoms in total. The summed E-state index contributed by atoms with van der Waals surface area (Å²) in [7, 11) is 0. The second kappa shape index (κ2) is 6.42. The minimum Gasteiger partial charge on any atom is -0.492 e. The lowest BCUT2D eigenvalue weighted by Crippen LogP contribution is -2.08. The largest absolute Gasteiger partial charge is 0.492 e. The van der Waals surface area contributed by atoms with Gasteiger partial charge in [0.2, 0.25) is 0 Å². The molecule has 18 heavy (non-hydrogen) atoms. The first-order valence-corrected chi connectivity index (χ1v) is 5.62. The zero-order valence-corrected chi connectivity index (χ0v) is 9.91. The predicted octanol–water partition coefficient (Wildman–Crippen LogP) is 0.667. The van der Waals surface area contributed by atoms with Crippen molar-refractivity contribution in [3.63, 3.8) is 0 Å². The van der Waals surface area contributed by atoms with Crippen LogP contribution in [0.1, 0.15) is 5.56 Å². The number of ether oxygens (including phenoxy) is 1. The maximum atomic E-state index is 5.61. The number of hydrogen-bond acceptors (Lipinski definition) is 4. The highest BCUT2D eigenvalue weighted by Crippen LogP contribution is 2.12. The average Bonchev–Trinajstić information content (AvgIpc) is 2.90. The molecule has 1 aromatic heterocycles. The Labute approximate surface area is 106 Å². The van der Waals surface area contributed by atoms with Crippen molar-refractivity contribution in [2.45, 2.75) is 6.54 Å². The van der Waals surface area contributed by atoms with Crippen molar-refractivity contribution in [3.8, 4) is 17.6 Å². The summed E-state index contributed by atoms with van der Waals surface area (Å²) in [4.78, 5) is 3.86. The summed E-state index contributed by atoms with van der Waals surface area (Å²) < 4.78 is 7.33. The molecule has 0 fully saturated rings. The number of hydrogen-bond donors (Lipinski definition) is 1. The van der Waals surface area contributed by atoms with Crippen LogP contribution >= 0.6 is 0 Å². The van der Waals surface area contributed by atoms with E-state index in [1.165, 1.54) is 6.33 Å². The lowest BCUT2D eigenvalue weighted by Gasteiger charge is -2.06. The summed E-state index contributed by atoms with van der Waals surface area (Å²) in [5.74, 6) is 6.57. The van der Waals surface area contributed by atoms with E-state index >= 15 is 0 Å². The van der Waals surface area contributed by atoms with Crippen LogP contribution in [0.15, 0.2) is 36.9 Å². The average molecular weight is 242 g/mol. The van der Waals surface area contributed by atoms with Crippen molar-refractivity contribution < 1.29 is 4.74 Å². The molecule has 0 spiro atoms. The van der Waals surface area contributed by atoms with Crippen LogP contribution < -0.4 is 10.5 Å². The van der Waals surface area contributed by atoms with Crippen LogP contribution in [0.4, 0.5) is 0 Å². The highest BCUT2D eigenvalue weighted by molar-refractivity contribution is 5.39. The third-order valence-corrected chi connectivity index (χ3v) is 2.22. The van der Waals surface area contributed by atoms with Gasteiger partial charge in [-0.2, -0.15) is 5.10 Å². The van der Waals surface area contributed by atoms with Crippen molar-refractivity contribution in [1.82, 2.24) is 14.8 Å². The van der Waals surface area contributed by atoms with Crippen LogP contribution in [0.5, 0.6) is 5.75 Å². The summed E-state index contributed by atoms with van der Waals surface area (Å²) >= 11 is 0. The fourth-order valence-electron chi connectivity index (χ4n) is 1.42. The maximum Gasteiger partial charge on any atom is 0.137 e. The van der Waals surface area contributed by atoms with Crippen molar-refractivity contribution in [2.24, 2.45) is 5.73 Å². The van der Waals surface area contributed by atoms with Gasteiger partial charge in [-0.1, -0.05) is 17.9 Å². The van der Waals surface area contributed by atoms with Gasteiger partial charge in [0.1, 0.15) is 25.0 Å². The predicted molar refractivity (Wildman–Crippen MR) is 67.9 cm³/mol. The van der Waals surface area contributed by atoms with E-state index in [0.29, 0.717) is 19.7 Å². The number of aromatic nitrogens is 3. The summed E-state index contributed by atoms with van der Waals surface area (Å²) in [6, 6.07) is 7.62. The molecule has 0 unspecified atom stereocenters. The van der Waals surface area contributed by atoms with Gasteiger partial charge in [0.25, 0.3) is 0 Å². The van der Waals surface area contributed by atoms with E-state index < -0.39 is 0 Å². The molecule has 0 saturated heterocycles. The van der Waals surface area contributed by atoms with Crippen LogP contribution in [0, 0.1) is 11.8 Å². The molecule has 0 saturated carbocycles. The zero-order chi connectivity index (χ0) is 12.6. The second-order valence-corrected chi connectivity index (χ2v) is 3.54. The molecule has 1 aromatic carbocycles. The molecule has 2 N–H and O–H groups in total. The monoisotopic (exact) mass is 242 g/mol. The molecule has 0 aliphatic rings. The molecule has 0 atom stereocenters. The molecule has 0 aliphatic carbocycles. The molecule has 0 bridgehead atoms. The van der Waals surface area contributed by atoms with E-state index in [4.69, 9.17) is 10.5 Å². The van der Waals surface area contributed by atoms with E-state index in [1.807, 2.05) is 24.3 Å². The van der Waals surface area contributed by atoms with Gasteiger partial charge in [0.05, 0.1) is 13.1 Å². The van der Waals surface area contributed by atoms with E-state index in [-0.39, 0.29) is 0 Å². The molecule has 5 heteroatoms. The molecule has 0 radical (unpaired) electrons. The molecule has 2 aromatic rings. The molecule has 0 aliphatic heterocycles. The fourth-order valence-corrected chi connectivity index (χ4v) is 1.42. The Morgan fingerprint density at radius 1 is 1.39 bits per heavy atom. The van der Waals surface area contributed by atoms with Gasteiger partial charge in [-0.3, -0.25) is 0 Å². The Morgan fingerprint density at radius 3 is 3.11 bits per heavy atom. The quantitative estimate of drug-likeness (QED) is 0.800. The topological polar surface area (TPSA) is 66.0 Å². The summed E-state index contributed by atoms with van der Waals surface area (Å²) in [5, 5.41) is 3.99. The standard InChI is InChI=1S/C13H14N4O/c14-6-2-4-12-3-1-5-13(9-12)18-8-7-17-11-15-10-16-17/h1,3,5,9-11H,6-8,14H2. The van der Waals surface area contributed by atoms with Gasteiger partial charge < -0.3 is 10.5 Å². The zero-order valence-electron chi connectivity index (χ0n) is 9.91. The van der Waals surface area contributed by atoms with Crippen LogP contribution in [0.25, 0.3) is 0 Å². The van der Waals surface area contributed by atoms with Gasteiger partial charge in [0, 0.05) is 5.56 Å². The van der Waals surface area contributed by atoms with Crippen LogP contribution in [-0.4, -0.2) is 27.9 Å². The van der Waals surface area contributed by atoms with Crippen LogP contribution in [0.2, 0.25) is 0 Å². The minimum atomic E-state index is 0.359. The Kier molecular flexibility index (Phi) is 4.33. The van der Waals surface area contributed by atoms with Gasteiger partial charge in [-0.15, -0.1) is 0 Å². The van der Waals surface area contributed by atoms with E-state index in [0.717, 1.165) is 11.3 Å². The molecular formula is C13H14N4O. The number of nitrogens with two attached hydrogens (primary N) is 1. The molecule has 92 valence electrons. The van der Waals surface area contributed by atoms with Gasteiger partial charge >= 0.3 is 0 Å². The minimum absolute atomic E-state index is 0.359. The first kappa shape index (κ1) is 12.1. The van der Waals surface area contributed by atoms with E-state index in [1.54, 1.807) is 11.0 Å². The van der Waals surface area contributed by atoms with Crippen molar-refractivity contribution in [1.29, 1.82) is 0 Å². The summed E-state index contributed by atoms with van der Waals surface area (Å²) in [6.07, 6.45) is 3.16. The maximum absolute atomic E-state index is 5.61. The number of nitrogens with zero attached hydrogens (tertiary/aromatic N) is 3. The molecule has 2 rings (SSSR count). The molecule has 1 heterocycles. The molecule has 0 amide bonds. The highest BCUT2D eigenvalue weighted by atomic mass is 16.5. The fraction of sp³-hybridized carbons (Fsp3) is 0.231. The van der Waals surface area contributed by atoms with Crippen molar-refractivity contribution in [2.75, 3.05) is 13.2 Å². The Hall–Kier alpha value is -2.32. The third-order valence-electron chi connectivity index (χ3n) is 2.22. The van der Waals surface area contributed by atoms with Crippen LogP contribution in [-0.2, 0) is 6.54 Å². The van der Waals surface area contributed by atoms with Gasteiger partial charge in [0.15, 0.2) is 0 Å². The summed E-state index contributed by atoms with van der Waals surface area (Å²) in [6.45, 7) is 1.56. The lowest BCUT2D eigenvalue weighted by atomic mass is 10.2. The number of benzene rings is 1. The first-order chi connectivity index (χ1) is 8.88. The molecular weight excluding hydrogens is 228 g/mol. The normalized spacial score (nSPS) is 9.61. The SMILES string of the molecule is NCC#Cc1cccc(OCCn2cncn2)c1. The highest BCUT2D eigenvalue weighted by Gasteiger charge is 1.96. The first-order valence-electron chi connectivity index (χ1n) is 5.62. The second-order valence-electron chi connectivity index (χ2n) is 3.54. The Bertz CT molecular complexity index is 540. The van der Waals surface area contributed by atoms with Gasteiger partial charge in [-0.05, 0) is 18.2 Å². The third kappa shape index (κ3) is 3.61. The van der Waals surface area contributed by atoms with Crippen molar-refractivity contribution >= 4 is 0 Å². The Morgan fingerprint density at radius 2 is 2.33 bits per heavy atom. The lowest BCUT2D eigenvalue weighted by molar-refractivity contribution is 0.291. The van der Waals surface area contributed by atoms with Crippen LogP contribution in [0.3, 0.4) is 0 Å².